The topological polar surface area (TPSA) is 57.7 Å². The minimum absolute atomic E-state index is 0.263. The standard InChI is InChI=1S/C22H34N2O3S/c1-2-17-28(26,27)24-15-11-21(12-16-24)18-20-7-5-19(6-8-20)9-10-22(25)23-13-3-4-14-23/h5-8,21H,2-4,9-18H2,1H3. The molecule has 2 aliphatic rings. The summed E-state index contributed by atoms with van der Waals surface area (Å²) in [6.07, 6.45) is 7.26. The molecule has 0 spiro atoms. The third kappa shape index (κ3) is 5.80. The predicted molar refractivity (Wildman–Crippen MR) is 113 cm³/mol. The van der Waals surface area contributed by atoms with Gasteiger partial charge in [-0.15, -0.1) is 0 Å². The van der Waals surface area contributed by atoms with Crippen LogP contribution in [0.2, 0.25) is 0 Å². The van der Waals surface area contributed by atoms with Crippen molar-refractivity contribution in [2.75, 3.05) is 31.9 Å². The normalized spacial score (nSPS) is 19.2. The van der Waals surface area contributed by atoms with Gasteiger partial charge < -0.3 is 4.90 Å². The monoisotopic (exact) mass is 406 g/mol. The smallest absolute Gasteiger partial charge is 0.222 e. The number of sulfonamides is 1. The summed E-state index contributed by atoms with van der Waals surface area (Å²) < 4.78 is 26.0. The molecule has 0 saturated carbocycles. The Hall–Kier alpha value is -1.40. The van der Waals surface area contributed by atoms with Gasteiger partial charge in [0.05, 0.1) is 5.75 Å². The van der Waals surface area contributed by atoms with Crippen LogP contribution in [0.25, 0.3) is 0 Å². The molecule has 0 unspecified atom stereocenters. The van der Waals surface area contributed by atoms with E-state index in [1.165, 1.54) is 11.1 Å². The van der Waals surface area contributed by atoms with Crippen LogP contribution < -0.4 is 0 Å². The second-order valence-electron chi connectivity index (χ2n) is 8.27. The highest BCUT2D eigenvalue weighted by atomic mass is 32.2. The zero-order valence-electron chi connectivity index (χ0n) is 17.1. The molecule has 0 atom stereocenters. The zero-order chi connectivity index (χ0) is 20.0. The van der Waals surface area contributed by atoms with Gasteiger partial charge in [-0.2, -0.15) is 0 Å². The third-order valence-corrected chi connectivity index (χ3v) is 8.14. The number of likely N-dealkylation sites (tertiary alicyclic amines) is 1. The van der Waals surface area contributed by atoms with Crippen molar-refractivity contribution in [3.63, 3.8) is 0 Å². The van der Waals surface area contributed by atoms with E-state index in [0.717, 1.165) is 51.6 Å². The fraction of sp³-hybridized carbons (Fsp3) is 0.682. The quantitative estimate of drug-likeness (QED) is 0.666. The van der Waals surface area contributed by atoms with E-state index >= 15 is 0 Å². The molecule has 1 aromatic rings. The first kappa shape index (κ1) is 21.3. The Bertz CT molecular complexity index is 732. The third-order valence-electron chi connectivity index (χ3n) is 6.06. The molecule has 2 aliphatic heterocycles. The van der Waals surface area contributed by atoms with Crippen molar-refractivity contribution in [1.29, 1.82) is 0 Å². The fourth-order valence-corrected chi connectivity index (χ4v) is 5.87. The van der Waals surface area contributed by atoms with E-state index in [1.807, 2.05) is 11.8 Å². The molecular formula is C22H34N2O3S. The van der Waals surface area contributed by atoms with Gasteiger partial charge in [0.25, 0.3) is 0 Å². The minimum Gasteiger partial charge on any atom is -0.343 e. The average molecular weight is 407 g/mol. The molecule has 1 amide bonds. The Morgan fingerprint density at radius 3 is 2.21 bits per heavy atom. The van der Waals surface area contributed by atoms with Crippen LogP contribution in [-0.2, 0) is 27.7 Å². The maximum Gasteiger partial charge on any atom is 0.222 e. The van der Waals surface area contributed by atoms with Crippen LogP contribution in [-0.4, -0.2) is 55.5 Å². The maximum atomic E-state index is 12.2. The van der Waals surface area contributed by atoms with Gasteiger partial charge in [0.1, 0.15) is 0 Å². The molecule has 5 nitrogen and oxygen atoms in total. The first-order chi connectivity index (χ1) is 13.5. The number of benzene rings is 1. The average Bonchev–Trinajstić information content (AvgIpc) is 3.22. The fourth-order valence-electron chi connectivity index (χ4n) is 4.33. The van der Waals surface area contributed by atoms with Crippen LogP contribution in [0.15, 0.2) is 24.3 Å². The molecule has 0 aliphatic carbocycles. The molecule has 28 heavy (non-hydrogen) atoms. The van der Waals surface area contributed by atoms with E-state index in [1.54, 1.807) is 4.31 Å². The van der Waals surface area contributed by atoms with Crippen LogP contribution >= 0.6 is 0 Å². The number of hydrogen-bond acceptors (Lipinski definition) is 3. The summed E-state index contributed by atoms with van der Waals surface area (Å²) >= 11 is 0. The lowest BCUT2D eigenvalue weighted by atomic mass is 9.90. The Labute approximate surface area is 170 Å². The van der Waals surface area contributed by atoms with Gasteiger partial charge in [-0.25, -0.2) is 12.7 Å². The van der Waals surface area contributed by atoms with Crippen LogP contribution in [0.4, 0.5) is 0 Å². The Morgan fingerprint density at radius 2 is 1.61 bits per heavy atom. The summed E-state index contributed by atoms with van der Waals surface area (Å²) in [6.45, 7) is 5.08. The van der Waals surface area contributed by atoms with Crippen molar-refractivity contribution in [3.8, 4) is 0 Å². The van der Waals surface area contributed by atoms with Gasteiger partial charge in [0, 0.05) is 32.6 Å². The molecule has 0 bridgehead atoms. The largest absolute Gasteiger partial charge is 0.343 e. The molecule has 6 heteroatoms. The van der Waals surface area contributed by atoms with Crippen LogP contribution in [0, 0.1) is 5.92 Å². The molecule has 2 fully saturated rings. The van der Waals surface area contributed by atoms with Crippen molar-refractivity contribution in [2.24, 2.45) is 5.92 Å². The van der Waals surface area contributed by atoms with Gasteiger partial charge in [-0.1, -0.05) is 31.2 Å². The Balaban J connectivity index is 1.43. The highest BCUT2D eigenvalue weighted by molar-refractivity contribution is 7.89. The zero-order valence-corrected chi connectivity index (χ0v) is 17.9. The highest BCUT2D eigenvalue weighted by Crippen LogP contribution is 2.24. The van der Waals surface area contributed by atoms with E-state index in [9.17, 15) is 13.2 Å². The minimum atomic E-state index is -3.05. The van der Waals surface area contributed by atoms with Crippen molar-refractivity contribution in [1.82, 2.24) is 9.21 Å². The lowest BCUT2D eigenvalue weighted by molar-refractivity contribution is -0.130. The van der Waals surface area contributed by atoms with Gasteiger partial charge >= 0.3 is 0 Å². The van der Waals surface area contributed by atoms with Gasteiger partial charge in [0.2, 0.25) is 15.9 Å². The molecule has 3 rings (SSSR count). The predicted octanol–water partition coefficient (Wildman–Crippen LogP) is 3.24. The molecule has 2 saturated heterocycles. The maximum absolute atomic E-state index is 12.2. The first-order valence-electron chi connectivity index (χ1n) is 10.8. The number of hydrogen-bond donors (Lipinski definition) is 0. The van der Waals surface area contributed by atoms with Gasteiger partial charge in [-0.3, -0.25) is 4.79 Å². The number of piperidine rings is 1. The van der Waals surface area contributed by atoms with E-state index < -0.39 is 10.0 Å². The second-order valence-corrected chi connectivity index (χ2v) is 10.4. The molecule has 0 aromatic heterocycles. The van der Waals surface area contributed by atoms with Crippen molar-refractivity contribution >= 4 is 15.9 Å². The van der Waals surface area contributed by atoms with E-state index in [2.05, 4.69) is 24.3 Å². The Morgan fingerprint density at radius 1 is 1.00 bits per heavy atom. The van der Waals surface area contributed by atoms with E-state index in [-0.39, 0.29) is 11.7 Å². The number of rotatable bonds is 8. The lowest BCUT2D eigenvalue weighted by Gasteiger charge is -2.31. The first-order valence-corrected chi connectivity index (χ1v) is 12.4. The van der Waals surface area contributed by atoms with Crippen LogP contribution in [0.5, 0.6) is 0 Å². The summed E-state index contributed by atoms with van der Waals surface area (Å²) in [5.74, 6) is 1.10. The summed E-state index contributed by atoms with van der Waals surface area (Å²) in [6, 6.07) is 8.65. The molecular weight excluding hydrogens is 372 g/mol. The number of carbonyl (C=O) groups is 1. The molecule has 1 aromatic carbocycles. The van der Waals surface area contributed by atoms with Crippen molar-refractivity contribution in [2.45, 2.75) is 58.3 Å². The summed E-state index contributed by atoms with van der Waals surface area (Å²) in [5.41, 5.74) is 2.53. The van der Waals surface area contributed by atoms with E-state index in [0.29, 0.717) is 31.8 Å². The summed E-state index contributed by atoms with van der Waals surface area (Å²) in [4.78, 5) is 14.2. The number of nitrogens with zero attached hydrogens (tertiary/aromatic N) is 2. The Kier molecular flexibility index (Phi) is 7.52. The highest BCUT2D eigenvalue weighted by Gasteiger charge is 2.27. The van der Waals surface area contributed by atoms with E-state index in [4.69, 9.17) is 0 Å². The summed E-state index contributed by atoms with van der Waals surface area (Å²) in [5, 5.41) is 0. The molecule has 0 radical (unpaired) electrons. The summed E-state index contributed by atoms with van der Waals surface area (Å²) in [7, 11) is -3.05. The number of aryl methyl sites for hydroxylation is 1. The van der Waals surface area contributed by atoms with Crippen molar-refractivity contribution in [3.05, 3.63) is 35.4 Å². The number of amides is 1. The lowest BCUT2D eigenvalue weighted by Crippen LogP contribution is -2.40. The number of carbonyl (C=O) groups excluding carboxylic acids is 1. The second kappa shape index (κ2) is 9.88. The SMILES string of the molecule is CCCS(=O)(=O)N1CCC(Cc2ccc(CCC(=O)N3CCCC3)cc2)CC1. The van der Waals surface area contributed by atoms with Crippen LogP contribution in [0.1, 0.15) is 56.6 Å². The molecule has 0 N–H and O–H groups in total. The van der Waals surface area contributed by atoms with Gasteiger partial charge in [-0.05, 0) is 62.0 Å². The van der Waals surface area contributed by atoms with Crippen LogP contribution in [0.3, 0.4) is 0 Å². The molecule has 156 valence electrons. The van der Waals surface area contributed by atoms with Crippen molar-refractivity contribution < 1.29 is 13.2 Å². The van der Waals surface area contributed by atoms with Gasteiger partial charge in [0.15, 0.2) is 0 Å². The molecule has 2 heterocycles.